The molecule has 0 aliphatic heterocycles. The van der Waals surface area contributed by atoms with Crippen molar-refractivity contribution < 1.29 is 27.1 Å². The number of hydrogen-bond donors (Lipinski definition) is 2. The van der Waals surface area contributed by atoms with Gasteiger partial charge in [-0.25, -0.2) is 18.7 Å². The largest absolute Gasteiger partial charge is 0.421 e. The molecule has 10 heteroatoms. The van der Waals surface area contributed by atoms with E-state index in [1.807, 2.05) is 0 Å². The second-order valence-corrected chi connectivity index (χ2v) is 8.38. The number of aliphatic hydroxyl groups is 1. The Labute approximate surface area is 177 Å². The average molecular weight is 444 g/mol. The number of nitrogens with one attached hydrogen (secondary N) is 1. The van der Waals surface area contributed by atoms with Gasteiger partial charge in [0.1, 0.15) is 17.2 Å². The molecule has 0 bridgehead atoms. The van der Waals surface area contributed by atoms with Crippen molar-refractivity contribution in [3.63, 3.8) is 0 Å². The van der Waals surface area contributed by atoms with Crippen molar-refractivity contribution in [2.75, 3.05) is 5.32 Å². The molecule has 5 nitrogen and oxygen atoms in total. The van der Waals surface area contributed by atoms with Crippen LogP contribution in [0.25, 0.3) is 0 Å². The fourth-order valence-electron chi connectivity index (χ4n) is 3.73. The van der Waals surface area contributed by atoms with Crippen LogP contribution in [0.4, 0.5) is 27.8 Å². The molecule has 1 saturated carbocycles. The van der Waals surface area contributed by atoms with Crippen LogP contribution in [-0.2, 0) is 24.9 Å². The molecule has 2 aromatic heterocycles. The van der Waals surface area contributed by atoms with Gasteiger partial charge in [-0.15, -0.1) is 0 Å². The lowest BCUT2D eigenvalue weighted by molar-refractivity contribution is -0.137. The smallest absolute Gasteiger partial charge is 0.390 e. The van der Waals surface area contributed by atoms with E-state index in [0.29, 0.717) is 31.2 Å². The number of aryl methyl sites for hydroxylation is 2. The number of aromatic nitrogens is 3. The first-order valence-electron chi connectivity index (χ1n) is 10.1. The quantitative estimate of drug-likeness (QED) is 0.621. The highest BCUT2D eigenvalue weighted by Crippen LogP contribution is 2.36. The molecular formula is C21H25F5N4O. The molecule has 1 aliphatic carbocycles. The monoisotopic (exact) mass is 444 g/mol. The fourth-order valence-corrected chi connectivity index (χ4v) is 3.73. The van der Waals surface area contributed by atoms with E-state index >= 15 is 0 Å². The second-order valence-electron chi connectivity index (χ2n) is 8.38. The van der Waals surface area contributed by atoms with Gasteiger partial charge in [-0.2, -0.15) is 13.2 Å². The van der Waals surface area contributed by atoms with Crippen LogP contribution in [-0.4, -0.2) is 31.7 Å². The molecule has 1 fully saturated rings. The number of alkyl halides is 5. The Bertz CT molecular complexity index is 901. The summed E-state index contributed by atoms with van der Waals surface area (Å²) in [7, 11) is 0. The van der Waals surface area contributed by atoms with Gasteiger partial charge in [0.15, 0.2) is 0 Å². The van der Waals surface area contributed by atoms with Gasteiger partial charge in [0, 0.05) is 43.5 Å². The lowest BCUT2D eigenvalue weighted by atomic mass is 9.83. The highest BCUT2D eigenvalue weighted by Gasteiger charge is 2.37. The maximum atomic E-state index is 13.8. The molecule has 0 unspecified atom stereocenters. The van der Waals surface area contributed by atoms with Crippen LogP contribution >= 0.6 is 0 Å². The standard InChI is InChI=1S/C21H25F5N4O/c1-19(31)8-5-14(6-9-19)29-18-16(21(24,25)26)12-28-17(30-18)4-3-13-11-27-10-7-15(13)20(2,22)23/h7,10-12,14,31H,3-6,8-9H2,1-2H3,(H,28,29,30). The highest BCUT2D eigenvalue weighted by molar-refractivity contribution is 5.46. The number of pyridine rings is 1. The van der Waals surface area contributed by atoms with E-state index in [0.717, 1.165) is 13.1 Å². The molecule has 2 aromatic rings. The van der Waals surface area contributed by atoms with E-state index in [1.165, 1.54) is 18.5 Å². The van der Waals surface area contributed by atoms with Crippen molar-refractivity contribution in [3.05, 3.63) is 47.2 Å². The molecule has 0 atom stereocenters. The van der Waals surface area contributed by atoms with Crippen LogP contribution in [0.2, 0.25) is 0 Å². The summed E-state index contributed by atoms with van der Waals surface area (Å²) in [5.41, 5.74) is -1.68. The van der Waals surface area contributed by atoms with Crippen LogP contribution in [0.1, 0.15) is 62.0 Å². The van der Waals surface area contributed by atoms with E-state index in [4.69, 9.17) is 0 Å². The Morgan fingerprint density at radius 2 is 1.77 bits per heavy atom. The Balaban J connectivity index is 1.79. The van der Waals surface area contributed by atoms with E-state index < -0.39 is 23.3 Å². The zero-order chi connectivity index (χ0) is 22.9. The fraction of sp³-hybridized carbons (Fsp3) is 0.571. The van der Waals surface area contributed by atoms with E-state index in [1.54, 1.807) is 6.92 Å². The Kier molecular flexibility index (Phi) is 6.50. The van der Waals surface area contributed by atoms with E-state index in [2.05, 4.69) is 20.3 Å². The van der Waals surface area contributed by atoms with E-state index in [9.17, 15) is 27.1 Å². The maximum Gasteiger partial charge on any atom is 0.421 e. The molecule has 0 spiro atoms. The molecule has 0 saturated heterocycles. The summed E-state index contributed by atoms with van der Waals surface area (Å²) < 4.78 is 67.9. The summed E-state index contributed by atoms with van der Waals surface area (Å²) in [6.07, 6.45) is 0.841. The summed E-state index contributed by atoms with van der Waals surface area (Å²) in [5.74, 6) is -3.27. The van der Waals surface area contributed by atoms with Gasteiger partial charge in [-0.1, -0.05) is 0 Å². The van der Waals surface area contributed by atoms with Gasteiger partial charge in [-0.05, 0) is 50.7 Å². The first-order valence-corrected chi connectivity index (χ1v) is 10.1. The van der Waals surface area contributed by atoms with Crippen molar-refractivity contribution in [1.82, 2.24) is 15.0 Å². The van der Waals surface area contributed by atoms with Gasteiger partial charge in [0.05, 0.1) is 5.60 Å². The minimum Gasteiger partial charge on any atom is -0.390 e. The molecule has 170 valence electrons. The molecule has 0 radical (unpaired) electrons. The SMILES string of the molecule is CC1(O)CCC(Nc2nc(CCc3cnccc3C(C)(F)F)ncc2C(F)(F)F)CC1. The first kappa shape index (κ1) is 23.3. The third-order valence-corrected chi connectivity index (χ3v) is 5.54. The molecule has 2 heterocycles. The topological polar surface area (TPSA) is 70.9 Å². The first-order chi connectivity index (χ1) is 14.4. The van der Waals surface area contributed by atoms with Crippen molar-refractivity contribution in [1.29, 1.82) is 0 Å². The van der Waals surface area contributed by atoms with Crippen LogP contribution in [0, 0.1) is 0 Å². The zero-order valence-corrected chi connectivity index (χ0v) is 17.3. The van der Waals surface area contributed by atoms with Crippen molar-refractivity contribution >= 4 is 5.82 Å². The number of nitrogens with zero attached hydrogens (tertiary/aromatic N) is 3. The molecule has 2 N–H and O–H groups in total. The summed E-state index contributed by atoms with van der Waals surface area (Å²) >= 11 is 0. The molecule has 0 aromatic carbocycles. The third-order valence-electron chi connectivity index (χ3n) is 5.54. The summed E-state index contributed by atoms with van der Waals surface area (Å²) in [6, 6.07) is 0.973. The van der Waals surface area contributed by atoms with Crippen molar-refractivity contribution in [2.45, 2.75) is 76.1 Å². The molecule has 0 amide bonds. The highest BCUT2D eigenvalue weighted by atomic mass is 19.4. The normalized spacial score (nSPS) is 22.4. The zero-order valence-electron chi connectivity index (χ0n) is 17.3. The number of anilines is 1. The number of rotatable bonds is 6. The predicted octanol–water partition coefficient (Wildman–Crippen LogP) is 4.89. The van der Waals surface area contributed by atoms with Gasteiger partial charge >= 0.3 is 6.18 Å². The number of hydrogen-bond acceptors (Lipinski definition) is 5. The van der Waals surface area contributed by atoms with Crippen LogP contribution in [0.5, 0.6) is 0 Å². The third kappa shape index (κ3) is 6.09. The summed E-state index contributed by atoms with van der Waals surface area (Å²) in [4.78, 5) is 11.7. The van der Waals surface area contributed by atoms with Crippen molar-refractivity contribution in [3.8, 4) is 0 Å². The van der Waals surface area contributed by atoms with Gasteiger partial charge in [0.2, 0.25) is 0 Å². The average Bonchev–Trinajstić information content (AvgIpc) is 2.67. The lowest BCUT2D eigenvalue weighted by Gasteiger charge is -2.34. The van der Waals surface area contributed by atoms with Crippen LogP contribution < -0.4 is 5.32 Å². The number of halogens is 5. The molecule has 1 aliphatic rings. The lowest BCUT2D eigenvalue weighted by Crippen LogP contribution is -2.36. The molecule has 3 rings (SSSR count). The second kappa shape index (κ2) is 8.64. The van der Waals surface area contributed by atoms with Gasteiger partial charge in [-0.3, -0.25) is 4.98 Å². The maximum absolute atomic E-state index is 13.8. The Hall–Kier alpha value is -2.36. The van der Waals surface area contributed by atoms with Crippen molar-refractivity contribution in [2.24, 2.45) is 0 Å². The van der Waals surface area contributed by atoms with Gasteiger partial charge in [0.25, 0.3) is 5.92 Å². The van der Waals surface area contributed by atoms with Gasteiger partial charge < -0.3 is 10.4 Å². The Morgan fingerprint density at radius 1 is 1.10 bits per heavy atom. The van der Waals surface area contributed by atoms with Crippen LogP contribution in [0.3, 0.4) is 0 Å². The van der Waals surface area contributed by atoms with Crippen LogP contribution in [0.15, 0.2) is 24.7 Å². The predicted molar refractivity (Wildman–Crippen MR) is 105 cm³/mol. The minimum atomic E-state index is -4.64. The summed E-state index contributed by atoms with van der Waals surface area (Å²) in [5, 5.41) is 12.9. The Morgan fingerprint density at radius 3 is 2.39 bits per heavy atom. The summed E-state index contributed by atoms with van der Waals surface area (Å²) in [6.45, 7) is 2.49. The molecular weight excluding hydrogens is 419 g/mol. The molecule has 31 heavy (non-hydrogen) atoms. The van der Waals surface area contributed by atoms with E-state index in [-0.39, 0.29) is 36.1 Å². The minimum absolute atomic E-state index is 0.0843.